The second kappa shape index (κ2) is 14.1. The van der Waals surface area contributed by atoms with Crippen LogP contribution in [0.5, 0.6) is 0 Å². The summed E-state index contributed by atoms with van der Waals surface area (Å²) in [4.78, 5) is 28.7. The summed E-state index contributed by atoms with van der Waals surface area (Å²) in [6, 6.07) is 13.9. The first-order valence-electron chi connectivity index (χ1n) is 11.4. The minimum Gasteiger partial charge on any atom is -0.389 e. The number of carbonyl (C=O) groups is 2. The molecule has 1 fully saturated rings. The molecule has 0 spiro atoms. The van der Waals surface area contributed by atoms with Gasteiger partial charge in [-0.05, 0) is 30.5 Å². The van der Waals surface area contributed by atoms with Gasteiger partial charge in [0.15, 0.2) is 5.78 Å². The molecule has 0 saturated carbocycles. The van der Waals surface area contributed by atoms with E-state index in [9.17, 15) is 9.59 Å². The number of unbranched alkanes of at least 4 members (excludes halogenated alkanes) is 3. The van der Waals surface area contributed by atoms with E-state index in [1.807, 2.05) is 42.5 Å². The normalized spacial score (nSPS) is 20.3. The molecule has 0 bridgehead atoms. The van der Waals surface area contributed by atoms with E-state index in [1.165, 1.54) is 0 Å². The fraction of sp³-hybridized carbons (Fsp3) is 0.480. The molecule has 7 nitrogen and oxygen atoms in total. The van der Waals surface area contributed by atoms with Crippen LogP contribution in [0.3, 0.4) is 0 Å². The van der Waals surface area contributed by atoms with Gasteiger partial charge in [0.1, 0.15) is 6.61 Å². The van der Waals surface area contributed by atoms with E-state index in [2.05, 4.69) is 10.3 Å². The third-order valence-electron chi connectivity index (χ3n) is 5.40. The van der Waals surface area contributed by atoms with Gasteiger partial charge in [0.25, 0.3) is 0 Å². The van der Waals surface area contributed by atoms with Gasteiger partial charge < -0.3 is 19.9 Å². The molecule has 1 aromatic heterocycles. The van der Waals surface area contributed by atoms with E-state index in [1.54, 1.807) is 24.2 Å². The molecule has 0 radical (unpaired) electrons. The SMILES string of the molecule is O=C(CO)CCCCCCC(=O)NC1OC(CSc2ccncc2)CC(c2ccccc2)O1. The Balaban J connectivity index is 1.47. The van der Waals surface area contributed by atoms with Crippen molar-refractivity contribution in [3.05, 3.63) is 60.4 Å². The van der Waals surface area contributed by atoms with Gasteiger partial charge in [0.05, 0.1) is 12.2 Å². The number of carbonyl (C=O) groups excluding carboxylic acids is 2. The summed E-state index contributed by atoms with van der Waals surface area (Å²) in [5.74, 6) is 0.500. The zero-order chi connectivity index (χ0) is 23.3. The lowest BCUT2D eigenvalue weighted by molar-refractivity contribution is -0.251. The zero-order valence-electron chi connectivity index (χ0n) is 18.7. The van der Waals surface area contributed by atoms with Crippen LogP contribution in [0.15, 0.2) is 59.8 Å². The van der Waals surface area contributed by atoms with Crippen molar-refractivity contribution in [2.45, 2.75) is 68.5 Å². The monoisotopic (exact) mass is 472 g/mol. The number of benzene rings is 1. The molecule has 1 amide bonds. The first-order chi connectivity index (χ1) is 16.1. The van der Waals surface area contributed by atoms with Gasteiger partial charge in [-0.3, -0.25) is 14.6 Å². The quantitative estimate of drug-likeness (QED) is 0.336. The number of aliphatic hydroxyl groups excluding tert-OH is 1. The van der Waals surface area contributed by atoms with E-state index >= 15 is 0 Å². The van der Waals surface area contributed by atoms with Crippen LogP contribution in [-0.4, -0.2) is 46.7 Å². The van der Waals surface area contributed by atoms with Crippen LogP contribution in [0.2, 0.25) is 0 Å². The first kappa shape index (κ1) is 25.4. The fourth-order valence-electron chi connectivity index (χ4n) is 3.63. The molecular formula is C25H32N2O5S. The van der Waals surface area contributed by atoms with Crippen molar-refractivity contribution in [1.82, 2.24) is 10.3 Å². The molecule has 2 N–H and O–H groups in total. The molecule has 178 valence electrons. The Labute approximate surface area is 199 Å². The molecule has 1 aliphatic heterocycles. The Morgan fingerprint density at radius 3 is 2.45 bits per heavy atom. The topological polar surface area (TPSA) is 97.8 Å². The second-order valence-corrected chi connectivity index (χ2v) is 9.13. The number of hydrogen-bond donors (Lipinski definition) is 2. The summed E-state index contributed by atoms with van der Waals surface area (Å²) >= 11 is 1.70. The number of aromatic nitrogens is 1. The largest absolute Gasteiger partial charge is 0.389 e. The number of amides is 1. The second-order valence-electron chi connectivity index (χ2n) is 8.03. The lowest BCUT2D eigenvalue weighted by atomic mass is 10.0. The van der Waals surface area contributed by atoms with Gasteiger partial charge in [-0.15, -0.1) is 11.8 Å². The Kier molecular flexibility index (Phi) is 10.8. The van der Waals surface area contributed by atoms with Crippen LogP contribution in [0.4, 0.5) is 0 Å². The van der Waals surface area contributed by atoms with Gasteiger partial charge in [-0.2, -0.15) is 0 Å². The van der Waals surface area contributed by atoms with Gasteiger partial charge in [0, 0.05) is 42.3 Å². The molecule has 3 unspecified atom stereocenters. The molecule has 0 aliphatic carbocycles. The average molecular weight is 473 g/mol. The van der Waals surface area contributed by atoms with Gasteiger partial charge in [0.2, 0.25) is 12.3 Å². The molecule has 33 heavy (non-hydrogen) atoms. The van der Waals surface area contributed by atoms with Crippen molar-refractivity contribution in [3.63, 3.8) is 0 Å². The highest BCUT2D eigenvalue weighted by molar-refractivity contribution is 7.99. The standard InChI is InChI=1S/C25H32N2O5S/c28-17-20(29)10-6-1-2-7-11-24(30)27-25-31-21(18-33-22-12-14-26-15-13-22)16-23(32-25)19-8-4-3-5-9-19/h3-5,8-9,12-15,21,23,25,28H,1-2,6-7,10-11,16-18H2,(H,27,30). The molecule has 1 saturated heterocycles. The Morgan fingerprint density at radius 1 is 1.00 bits per heavy atom. The van der Waals surface area contributed by atoms with Gasteiger partial charge in [-0.1, -0.05) is 43.2 Å². The van der Waals surface area contributed by atoms with Crippen molar-refractivity contribution in [2.24, 2.45) is 0 Å². The highest BCUT2D eigenvalue weighted by atomic mass is 32.2. The van der Waals surface area contributed by atoms with E-state index in [-0.39, 0.29) is 23.9 Å². The number of nitrogens with zero attached hydrogens (tertiary/aromatic N) is 1. The molecule has 1 aliphatic rings. The molecular weight excluding hydrogens is 440 g/mol. The summed E-state index contributed by atoms with van der Waals surface area (Å²) in [6.45, 7) is -0.393. The van der Waals surface area contributed by atoms with Crippen LogP contribution in [0.1, 0.15) is 56.6 Å². The molecule has 2 heterocycles. The maximum atomic E-state index is 12.5. The zero-order valence-corrected chi connectivity index (χ0v) is 19.5. The Bertz CT molecular complexity index is 852. The lowest BCUT2D eigenvalue weighted by Crippen LogP contribution is -2.46. The number of ketones is 1. The summed E-state index contributed by atoms with van der Waals surface area (Å²) in [5, 5.41) is 11.6. The highest BCUT2D eigenvalue weighted by Gasteiger charge is 2.32. The van der Waals surface area contributed by atoms with E-state index in [4.69, 9.17) is 14.6 Å². The lowest BCUT2D eigenvalue weighted by Gasteiger charge is -2.36. The van der Waals surface area contributed by atoms with Crippen LogP contribution in [0, 0.1) is 0 Å². The number of rotatable bonds is 13. The molecule has 2 aromatic rings. The number of nitrogens with one attached hydrogen (secondary N) is 1. The predicted molar refractivity (Wildman–Crippen MR) is 126 cm³/mol. The van der Waals surface area contributed by atoms with E-state index in [0.29, 0.717) is 19.3 Å². The van der Waals surface area contributed by atoms with Crippen LogP contribution in [0.25, 0.3) is 0 Å². The van der Waals surface area contributed by atoms with Gasteiger partial charge in [-0.25, -0.2) is 0 Å². The third kappa shape index (κ3) is 9.25. The predicted octanol–water partition coefficient (Wildman–Crippen LogP) is 4.02. The number of Topliss-reactive ketones (excluding diaryl/α,β-unsaturated/α-hetero) is 1. The average Bonchev–Trinajstić information content (AvgIpc) is 2.85. The van der Waals surface area contributed by atoms with E-state index < -0.39 is 13.0 Å². The third-order valence-corrected chi connectivity index (χ3v) is 6.55. The molecule has 3 atom stereocenters. The van der Waals surface area contributed by atoms with Crippen molar-refractivity contribution >= 4 is 23.5 Å². The number of pyridine rings is 1. The number of ether oxygens (including phenoxy) is 2. The minimum atomic E-state index is -0.790. The van der Waals surface area contributed by atoms with Crippen LogP contribution < -0.4 is 5.32 Å². The maximum absolute atomic E-state index is 12.5. The summed E-state index contributed by atoms with van der Waals surface area (Å²) in [6.07, 6.45) is 7.20. The van der Waals surface area contributed by atoms with Crippen LogP contribution >= 0.6 is 11.8 Å². The van der Waals surface area contributed by atoms with Crippen molar-refractivity contribution < 1.29 is 24.2 Å². The van der Waals surface area contributed by atoms with Crippen LogP contribution in [-0.2, 0) is 19.1 Å². The molecule has 8 heteroatoms. The smallest absolute Gasteiger partial charge is 0.240 e. The number of hydrogen-bond acceptors (Lipinski definition) is 7. The summed E-state index contributed by atoms with van der Waals surface area (Å²) in [7, 11) is 0. The Morgan fingerprint density at radius 2 is 1.73 bits per heavy atom. The molecule has 1 aromatic carbocycles. The van der Waals surface area contributed by atoms with Gasteiger partial charge >= 0.3 is 0 Å². The van der Waals surface area contributed by atoms with Crippen molar-refractivity contribution in [1.29, 1.82) is 0 Å². The van der Waals surface area contributed by atoms with Crippen molar-refractivity contribution in [3.8, 4) is 0 Å². The Hall–Kier alpha value is -2.26. The summed E-state index contributed by atoms with van der Waals surface area (Å²) in [5.41, 5.74) is 1.07. The summed E-state index contributed by atoms with van der Waals surface area (Å²) < 4.78 is 12.1. The highest BCUT2D eigenvalue weighted by Crippen LogP contribution is 2.32. The minimum absolute atomic E-state index is 0.0727. The maximum Gasteiger partial charge on any atom is 0.240 e. The first-order valence-corrected chi connectivity index (χ1v) is 12.4. The molecule has 3 rings (SSSR count). The number of aliphatic hydroxyl groups is 1. The number of thioether (sulfide) groups is 1. The van der Waals surface area contributed by atoms with E-state index in [0.717, 1.165) is 41.9 Å². The van der Waals surface area contributed by atoms with Crippen molar-refractivity contribution in [2.75, 3.05) is 12.4 Å². The fourth-order valence-corrected chi connectivity index (χ4v) is 4.54.